The summed E-state index contributed by atoms with van der Waals surface area (Å²) in [6.45, 7) is 4.45. The second-order valence-corrected chi connectivity index (χ2v) is 9.68. The monoisotopic (exact) mass is 471 g/mol. The Labute approximate surface area is 194 Å². The molecule has 2 aromatic rings. The molecule has 1 fully saturated rings. The average molecular weight is 472 g/mol. The fraction of sp³-hybridized carbons (Fsp3) is 0.333. The molecule has 0 spiro atoms. The summed E-state index contributed by atoms with van der Waals surface area (Å²) in [6, 6.07) is 14.0. The molecule has 0 aliphatic carbocycles. The number of carbonyl (C=O) groups is 2. The van der Waals surface area contributed by atoms with E-state index < -0.39 is 10.0 Å². The summed E-state index contributed by atoms with van der Waals surface area (Å²) in [4.78, 5) is 24.2. The molecule has 176 valence electrons. The number of methoxy groups -OCH3 is 1. The highest BCUT2D eigenvalue weighted by molar-refractivity contribution is 7.89. The van der Waals surface area contributed by atoms with Gasteiger partial charge < -0.3 is 15.4 Å². The first-order valence-electron chi connectivity index (χ1n) is 10.8. The van der Waals surface area contributed by atoms with Gasteiger partial charge in [0, 0.05) is 31.7 Å². The summed E-state index contributed by atoms with van der Waals surface area (Å²) in [7, 11) is -2.36. The molecular weight excluding hydrogens is 442 g/mol. The number of hydrogen-bond acceptors (Lipinski definition) is 5. The highest BCUT2D eigenvalue weighted by Gasteiger charge is 2.30. The lowest BCUT2D eigenvalue weighted by molar-refractivity contribution is -0.117. The third-order valence-corrected chi connectivity index (χ3v) is 7.48. The molecule has 1 aliphatic rings. The Morgan fingerprint density at radius 2 is 1.85 bits per heavy atom. The second-order valence-electron chi connectivity index (χ2n) is 7.74. The van der Waals surface area contributed by atoms with Gasteiger partial charge in [0.2, 0.25) is 15.9 Å². The lowest BCUT2D eigenvalue weighted by atomic mass is 10.1. The fourth-order valence-corrected chi connectivity index (χ4v) is 5.22. The molecule has 0 radical (unpaired) electrons. The number of nitrogens with one attached hydrogen (secondary N) is 2. The molecule has 3 rings (SSSR count). The van der Waals surface area contributed by atoms with Crippen molar-refractivity contribution in [2.24, 2.45) is 0 Å². The van der Waals surface area contributed by atoms with Crippen molar-refractivity contribution >= 4 is 21.8 Å². The van der Waals surface area contributed by atoms with Gasteiger partial charge in [-0.1, -0.05) is 36.9 Å². The molecule has 0 aromatic heterocycles. The molecule has 1 aliphatic heterocycles. The molecular formula is C24H29N3O5S. The number of sulfonamides is 1. The van der Waals surface area contributed by atoms with Crippen LogP contribution in [0.15, 0.2) is 66.1 Å². The Hall–Kier alpha value is -3.17. The van der Waals surface area contributed by atoms with Crippen LogP contribution in [0.4, 0.5) is 0 Å². The van der Waals surface area contributed by atoms with E-state index in [0.29, 0.717) is 25.8 Å². The van der Waals surface area contributed by atoms with Crippen molar-refractivity contribution in [1.82, 2.24) is 14.9 Å². The highest BCUT2D eigenvalue weighted by atomic mass is 32.2. The van der Waals surface area contributed by atoms with Crippen molar-refractivity contribution in [3.63, 3.8) is 0 Å². The molecule has 1 saturated heterocycles. The van der Waals surface area contributed by atoms with E-state index in [4.69, 9.17) is 4.74 Å². The Kier molecular flexibility index (Phi) is 8.24. The third-order valence-electron chi connectivity index (χ3n) is 5.58. The summed E-state index contributed by atoms with van der Waals surface area (Å²) < 4.78 is 32.9. The van der Waals surface area contributed by atoms with Crippen LogP contribution in [-0.2, 0) is 21.2 Å². The van der Waals surface area contributed by atoms with Gasteiger partial charge in [0.25, 0.3) is 5.91 Å². The van der Waals surface area contributed by atoms with E-state index in [2.05, 4.69) is 17.2 Å². The molecule has 33 heavy (non-hydrogen) atoms. The van der Waals surface area contributed by atoms with Gasteiger partial charge in [0.05, 0.1) is 17.6 Å². The molecule has 0 saturated carbocycles. The summed E-state index contributed by atoms with van der Waals surface area (Å²) in [5, 5.41) is 5.65. The van der Waals surface area contributed by atoms with Crippen molar-refractivity contribution in [2.45, 2.75) is 30.2 Å². The standard InChI is InChI=1S/C24H29N3O5S/c1-3-23(28)26-19-12-15-27(16-13-19)33(30,31)20-9-10-21(22(17-20)32-2)24(29)25-14-11-18-7-5-4-6-8-18/h3-10,17,19H,1,11-16H2,2H3,(H,25,29)(H,26,28). The number of carbonyl (C=O) groups excluding carboxylic acids is 2. The third kappa shape index (κ3) is 6.21. The Morgan fingerprint density at radius 1 is 1.15 bits per heavy atom. The zero-order valence-electron chi connectivity index (χ0n) is 18.6. The first-order chi connectivity index (χ1) is 15.8. The molecule has 0 atom stereocenters. The van der Waals surface area contributed by atoms with Gasteiger partial charge in [-0.3, -0.25) is 9.59 Å². The zero-order chi connectivity index (χ0) is 23.8. The van der Waals surface area contributed by atoms with E-state index in [0.717, 1.165) is 5.56 Å². The van der Waals surface area contributed by atoms with Crippen LogP contribution >= 0.6 is 0 Å². The zero-order valence-corrected chi connectivity index (χ0v) is 19.4. The fourth-order valence-electron chi connectivity index (χ4n) is 3.73. The van der Waals surface area contributed by atoms with E-state index >= 15 is 0 Å². The van der Waals surface area contributed by atoms with Crippen molar-refractivity contribution in [2.75, 3.05) is 26.7 Å². The lowest BCUT2D eigenvalue weighted by Gasteiger charge is -2.31. The SMILES string of the molecule is C=CC(=O)NC1CCN(S(=O)(=O)c2ccc(C(=O)NCCc3ccccc3)c(OC)c2)CC1. The van der Waals surface area contributed by atoms with Gasteiger partial charge in [0.1, 0.15) is 5.75 Å². The quantitative estimate of drug-likeness (QED) is 0.545. The normalized spacial score (nSPS) is 14.9. The summed E-state index contributed by atoms with van der Waals surface area (Å²) in [5.74, 6) is -0.398. The van der Waals surface area contributed by atoms with E-state index in [1.54, 1.807) is 0 Å². The first kappa shape index (κ1) is 24.5. The topological polar surface area (TPSA) is 105 Å². The Bertz CT molecular complexity index is 1090. The van der Waals surface area contributed by atoms with Crippen LogP contribution in [0.2, 0.25) is 0 Å². The number of hydrogen-bond donors (Lipinski definition) is 2. The number of nitrogens with zero attached hydrogens (tertiary/aromatic N) is 1. The lowest BCUT2D eigenvalue weighted by Crippen LogP contribution is -2.46. The smallest absolute Gasteiger partial charge is 0.255 e. The van der Waals surface area contributed by atoms with Crippen LogP contribution in [-0.4, -0.2) is 57.3 Å². The largest absolute Gasteiger partial charge is 0.496 e. The van der Waals surface area contributed by atoms with E-state index in [-0.39, 0.29) is 47.2 Å². The van der Waals surface area contributed by atoms with Crippen LogP contribution in [0, 0.1) is 0 Å². The van der Waals surface area contributed by atoms with Crippen LogP contribution in [0.1, 0.15) is 28.8 Å². The van der Waals surface area contributed by atoms with Gasteiger partial charge in [0.15, 0.2) is 0 Å². The Balaban J connectivity index is 1.65. The molecule has 8 nitrogen and oxygen atoms in total. The van der Waals surface area contributed by atoms with Gasteiger partial charge >= 0.3 is 0 Å². The van der Waals surface area contributed by atoms with Crippen molar-refractivity contribution in [3.8, 4) is 5.75 Å². The summed E-state index contributed by atoms with van der Waals surface area (Å²) >= 11 is 0. The molecule has 1 heterocycles. The predicted octanol–water partition coefficient (Wildman–Crippen LogP) is 2.12. The van der Waals surface area contributed by atoms with Crippen LogP contribution < -0.4 is 15.4 Å². The summed E-state index contributed by atoms with van der Waals surface area (Å²) in [5.41, 5.74) is 1.38. The average Bonchev–Trinajstić information content (AvgIpc) is 2.84. The highest BCUT2D eigenvalue weighted by Crippen LogP contribution is 2.27. The van der Waals surface area contributed by atoms with Gasteiger partial charge in [-0.25, -0.2) is 8.42 Å². The van der Waals surface area contributed by atoms with Crippen LogP contribution in [0.5, 0.6) is 5.75 Å². The Morgan fingerprint density at radius 3 is 2.48 bits per heavy atom. The molecule has 0 bridgehead atoms. The van der Waals surface area contributed by atoms with Gasteiger partial charge in [-0.15, -0.1) is 0 Å². The van der Waals surface area contributed by atoms with Crippen molar-refractivity contribution in [1.29, 1.82) is 0 Å². The van der Waals surface area contributed by atoms with E-state index in [1.807, 2.05) is 30.3 Å². The minimum absolute atomic E-state index is 0.0637. The van der Waals surface area contributed by atoms with Crippen molar-refractivity contribution < 1.29 is 22.7 Å². The van der Waals surface area contributed by atoms with Crippen LogP contribution in [0.3, 0.4) is 0 Å². The minimum Gasteiger partial charge on any atom is -0.496 e. The maximum Gasteiger partial charge on any atom is 0.255 e. The minimum atomic E-state index is -3.76. The number of amides is 2. The molecule has 9 heteroatoms. The number of benzene rings is 2. The first-order valence-corrected chi connectivity index (χ1v) is 12.2. The van der Waals surface area contributed by atoms with Crippen LogP contribution in [0.25, 0.3) is 0 Å². The van der Waals surface area contributed by atoms with E-state index in [1.165, 1.54) is 35.7 Å². The van der Waals surface area contributed by atoms with Crippen molar-refractivity contribution in [3.05, 3.63) is 72.3 Å². The number of piperidine rings is 1. The van der Waals surface area contributed by atoms with Gasteiger partial charge in [-0.05, 0) is 43.0 Å². The predicted molar refractivity (Wildman–Crippen MR) is 126 cm³/mol. The van der Waals surface area contributed by atoms with E-state index in [9.17, 15) is 18.0 Å². The maximum absolute atomic E-state index is 13.1. The molecule has 0 unspecified atom stereocenters. The number of rotatable bonds is 9. The molecule has 2 aromatic carbocycles. The maximum atomic E-state index is 13.1. The molecule has 2 amide bonds. The van der Waals surface area contributed by atoms with Gasteiger partial charge in [-0.2, -0.15) is 4.31 Å². The summed E-state index contributed by atoms with van der Waals surface area (Å²) in [6.07, 6.45) is 2.91. The molecule has 2 N–H and O–H groups in total. The second kappa shape index (κ2) is 11.1. The number of ether oxygens (including phenoxy) is 1.